The zero-order valence-corrected chi connectivity index (χ0v) is 19.0. The van der Waals surface area contributed by atoms with Gasteiger partial charge in [0.15, 0.2) is 6.54 Å². The Labute approximate surface area is 190 Å². The maximum atomic E-state index is 12.6. The van der Waals surface area contributed by atoms with Gasteiger partial charge in [0.05, 0.1) is 0 Å². The van der Waals surface area contributed by atoms with E-state index in [0.29, 0.717) is 24.3 Å². The van der Waals surface area contributed by atoms with Gasteiger partial charge in [0, 0.05) is 35.5 Å². The number of nitrogens with one attached hydrogen (secondary N) is 1. The number of aryl methyl sites for hydroxylation is 1. The third-order valence-corrected chi connectivity index (χ3v) is 5.60. The lowest BCUT2D eigenvalue weighted by Crippen LogP contribution is -2.87. The van der Waals surface area contributed by atoms with E-state index in [2.05, 4.69) is 48.6 Å². The number of rotatable bonds is 9. The van der Waals surface area contributed by atoms with Crippen molar-refractivity contribution in [3.8, 4) is 0 Å². The normalized spacial score (nSPS) is 11.6. The maximum absolute atomic E-state index is 12.6. The molecule has 3 N–H and O–H groups in total. The number of quaternary nitrogens is 1. The Morgan fingerprint density at radius 2 is 1.44 bits per heavy atom. The molecule has 32 heavy (non-hydrogen) atoms. The molecule has 0 fully saturated rings. The Bertz CT molecular complexity index is 1010. The number of nitrogens with zero attached hydrogens (tertiary/aromatic N) is 1. The van der Waals surface area contributed by atoms with Crippen LogP contribution in [0.25, 0.3) is 0 Å². The molecule has 0 radical (unpaired) electrons. The first kappa shape index (κ1) is 23.2. The summed E-state index contributed by atoms with van der Waals surface area (Å²) in [5, 5.41) is 4.99. The number of carbonyl (C=O) groups excluding carboxylic acids is 2. The molecule has 0 heterocycles. The standard InChI is InChI=1S/C27H31N3O2/c1-4-30(5-2)27(32)23-15-17-24(18-16-23)29-25(31)19-28-26(21-9-7-6-8-10-21)22-13-11-20(3)12-14-22/h6-18,26,28H,4-5,19H2,1-3H3,(H,29,31)/p+1/t26-/m1/s1. The van der Waals surface area contributed by atoms with Crippen molar-refractivity contribution >= 4 is 17.5 Å². The van der Waals surface area contributed by atoms with Gasteiger partial charge < -0.3 is 15.5 Å². The molecule has 3 aromatic rings. The van der Waals surface area contributed by atoms with E-state index < -0.39 is 0 Å². The van der Waals surface area contributed by atoms with Gasteiger partial charge >= 0.3 is 0 Å². The first-order chi connectivity index (χ1) is 15.5. The van der Waals surface area contributed by atoms with E-state index >= 15 is 0 Å². The lowest BCUT2D eigenvalue weighted by atomic mass is 9.98. The second-order valence-corrected chi connectivity index (χ2v) is 7.84. The van der Waals surface area contributed by atoms with Gasteiger partial charge in [-0.05, 0) is 45.0 Å². The van der Waals surface area contributed by atoms with Crippen molar-refractivity contribution in [2.45, 2.75) is 26.8 Å². The molecule has 2 amide bonds. The summed E-state index contributed by atoms with van der Waals surface area (Å²) in [5.41, 5.74) is 4.84. The summed E-state index contributed by atoms with van der Waals surface area (Å²) < 4.78 is 0. The SMILES string of the molecule is CCN(CC)C(=O)c1ccc(NC(=O)C[NH2+][C@H](c2ccccc2)c2ccc(C)cc2)cc1. The fourth-order valence-corrected chi connectivity index (χ4v) is 3.73. The second-order valence-electron chi connectivity index (χ2n) is 7.84. The van der Waals surface area contributed by atoms with Crippen LogP contribution < -0.4 is 10.6 Å². The molecule has 0 saturated carbocycles. The van der Waals surface area contributed by atoms with E-state index in [9.17, 15) is 9.59 Å². The van der Waals surface area contributed by atoms with Crippen LogP contribution >= 0.6 is 0 Å². The van der Waals surface area contributed by atoms with Crippen molar-refractivity contribution in [2.75, 3.05) is 25.0 Å². The molecule has 3 aromatic carbocycles. The highest BCUT2D eigenvalue weighted by molar-refractivity contribution is 5.96. The van der Waals surface area contributed by atoms with Crippen LogP contribution in [0.3, 0.4) is 0 Å². The summed E-state index contributed by atoms with van der Waals surface area (Å²) in [6.45, 7) is 7.63. The van der Waals surface area contributed by atoms with Crippen molar-refractivity contribution in [2.24, 2.45) is 0 Å². The Hall–Kier alpha value is -3.44. The Morgan fingerprint density at radius 3 is 2.03 bits per heavy atom. The van der Waals surface area contributed by atoms with Crippen LogP contribution in [0.1, 0.15) is 46.9 Å². The summed E-state index contributed by atoms with van der Waals surface area (Å²) in [4.78, 5) is 26.9. The van der Waals surface area contributed by atoms with Gasteiger partial charge in [-0.1, -0.05) is 60.2 Å². The first-order valence-corrected chi connectivity index (χ1v) is 11.2. The minimum absolute atomic E-state index is 0.00464. The number of carbonyl (C=O) groups is 2. The molecule has 0 aliphatic rings. The smallest absolute Gasteiger partial charge is 0.279 e. The van der Waals surface area contributed by atoms with Crippen molar-refractivity contribution in [3.05, 3.63) is 101 Å². The molecule has 0 aliphatic carbocycles. The monoisotopic (exact) mass is 430 g/mol. The summed E-state index contributed by atoms with van der Waals surface area (Å²) in [6.07, 6.45) is 0. The highest BCUT2D eigenvalue weighted by Crippen LogP contribution is 2.18. The van der Waals surface area contributed by atoms with Crippen LogP contribution in [0.2, 0.25) is 0 Å². The van der Waals surface area contributed by atoms with Crippen LogP contribution in [0.15, 0.2) is 78.9 Å². The molecule has 0 aliphatic heterocycles. The number of anilines is 1. The van der Waals surface area contributed by atoms with Crippen molar-refractivity contribution in [1.29, 1.82) is 0 Å². The lowest BCUT2D eigenvalue weighted by Gasteiger charge is -2.18. The van der Waals surface area contributed by atoms with Crippen molar-refractivity contribution in [3.63, 3.8) is 0 Å². The summed E-state index contributed by atoms with van der Waals surface area (Å²) >= 11 is 0. The van der Waals surface area contributed by atoms with E-state index in [1.807, 2.05) is 37.4 Å². The van der Waals surface area contributed by atoms with Crippen molar-refractivity contribution in [1.82, 2.24) is 4.90 Å². The molecule has 5 nitrogen and oxygen atoms in total. The van der Waals surface area contributed by atoms with E-state index in [0.717, 1.165) is 11.1 Å². The first-order valence-electron chi connectivity index (χ1n) is 11.2. The largest absolute Gasteiger partial charge is 0.339 e. The van der Waals surface area contributed by atoms with Gasteiger partial charge in [0.25, 0.3) is 11.8 Å². The van der Waals surface area contributed by atoms with Crippen LogP contribution in [0.5, 0.6) is 0 Å². The Balaban J connectivity index is 1.64. The van der Waals surface area contributed by atoms with Gasteiger partial charge in [-0.15, -0.1) is 0 Å². The highest BCUT2D eigenvalue weighted by Gasteiger charge is 2.19. The molecule has 0 spiro atoms. The van der Waals surface area contributed by atoms with E-state index in [-0.39, 0.29) is 24.4 Å². The zero-order chi connectivity index (χ0) is 22.9. The molecular formula is C27H32N3O2+. The number of nitrogens with two attached hydrogens (primary N) is 1. The molecule has 0 bridgehead atoms. The van der Waals surface area contributed by atoms with Gasteiger partial charge in [-0.2, -0.15) is 0 Å². The van der Waals surface area contributed by atoms with Crippen molar-refractivity contribution < 1.29 is 14.9 Å². The molecule has 0 unspecified atom stereocenters. The number of hydrogen-bond acceptors (Lipinski definition) is 2. The lowest BCUT2D eigenvalue weighted by molar-refractivity contribution is -0.676. The van der Waals surface area contributed by atoms with Crippen LogP contribution in [-0.4, -0.2) is 36.3 Å². The average Bonchev–Trinajstić information content (AvgIpc) is 2.82. The summed E-state index contributed by atoms with van der Waals surface area (Å²) in [6, 6.07) is 25.8. The van der Waals surface area contributed by atoms with E-state index in [1.165, 1.54) is 5.56 Å². The predicted octanol–water partition coefficient (Wildman–Crippen LogP) is 3.77. The minimum Gasteiger partial charge on any atom is -0.339 e. The summed E-state index contributed by atoms with van der Waals surface area (Å²) in [7, 11) is 0. The predicted molar refractivity (Wildman–Crippen MR) is 129 cm³/mol. The third kappa shape index (κ3) is 6.05. The fraction of sp³-hybridized carbons (Fsp3) is 0.259. The number of hydrogen-bond donors (Lipinski definition) is 2. The molecule has 1 atom stereocenters. The molecule has 0 aromatic heterocycles. The van der Waals surface area contributed by atoms with Crippen LogP contribution in [0, 0.1) is 6.92 Å². The van der Waals surface area contributed by atoms with Crippen LogP contribution in [0.4, 0.5) is 5.69 Å². The second kappa shape index (κ2) is 11.3. The van der Waals surface area contributed by atoms with Crippen LogP contribution in [-0.2, 0) is 4.79 Å². The number of amides is 2. The van der Waals surface area contributed by atoms with Gasteiger partial charge in [-0.3, -0.25) is 9.59 Å². The molecule has 0 saturated heterocycles. The Morgan fingerprint density at radius 1 is 0.844 bits per heavy atom. The molecule has 3 rings (SSSR count). The van der Waals surface area contributed by atoms with Gasteiger partial charge in [0.2, 0.25) is 0 Å². The quantitative estimate of drug-likeness (QED) is 0.543. The van der Waals surface area contributed by atoms with Gasteiger partial charge in [-0.25, -0.2) is 0 Å². The Kier molecular flexibility index (Phi) is 8.17. The highest BCUT2D eigenvalue weighted by atomic mass is 16.2. The average molecular weight is 431 g/mol. The zero-order valence-electron chi connectivity index (χ0n) is 19.0. The molecule has 5 heteroatoms. The molecular weight excluding hydrogens is 398 g/mol. The van der Waals surface area contributed by atoms with E-state index in [1.54, 1.807) is 29.2 Å². The van der Waals surface area contributed by atoms with Gasteiger partial charge in [0.1, 0.15) is 6.04 Å². The maximum Gasteiger partial charge on any atom is 0.279 e. The topological polar surface area (TPSA) is 66.0 Å². The third-order valence-electron chi connectivity index (χ3n) is 5.60. The minimum atomic E-state index is -0.0825. The molecule has 166 valence electrons. The summed E-state index contributed by atoms with van der Waals surface area (Å²) in [5.74, 6) is -0.0779. The van der Waals surface area contributed by atoms with E-state index in [4.69, 9.17) is 0 Å². The number of benzene rings is 3. The fourth-order valence-electron chi connectivity index (χ4n) is 3.73.